The zero-order valence-electron chi connectivity index (χ0n) is 28.0. The Morgan fingerprint density at radius 2 is 1.69 bits per heavy atom. The molecule has 0 radical (unpaired) electrons. The molecule has 0 saturated heterocycles. The number of allylic oxidation sites excluding steroid dienone is 8. The maximum atomic E-state index is 3.78. The summed E-state index contributed by atoms with van der Waals surface area (Å²) in [5.74, 6) is 0. The van der Waals surface area contributed by atoms with Gasteiger partial charge < -0.3 is 15.2 Å². The number of aromatic nitrogens is 1. The van der Waals surface area contributed by atoms with Crippen molar-refractivity contribution >= 4 is 56.2 Å². The summed E-state index contributed by atoms with van der Waals surface area (Å²) in [5, 5.41) is 6.52. The van der Waals surface area contributed by atoms with Gasteiger partial charge in [-0.15, -0.1) is 0 Å². The maximum absolute atomic E-state index is 3.78. The molecular formula is C44H41N3S. The van der Waals surface area contributed by atoms with Gasteiger partial charge in [0.2, 0.25) is 0 Å². The number of fused-ring (bicyclic) bond motifs is 7. The maximum Gasteiger partial charge on any atom is 0.102 e. The van der Waals surface area contributed by atoms with Crippen LogP contribution in [0.4, 0.5) is 17.1 Å². The molecule has 5 aromatic rings. The van der Waals surface area contributed by atoms with Gasteiger partial charge in [0.1, 0.15) is 5.37 Å². The van der Waals surface area contributed by atoms with E-state index >= 15 is 0 Å². The monoisotopic (exact) mass is 643 g/mol. The SMILES string of the molecule is CC.CC1(C)C2=CC(C=CC(c3ccc4[nH]c5c6c(ccc5c4c3)NC(C3=CCC=CC=C3)S6)=C2)N(c2ccccc2)c2ccccc21. The van der Waals surface area contributed by atoms with Gasteiger partial charge in [0.15, 0.2) is 0 Å². The summed E-state index contributed by atoms with van der Waals surface area (Å²) >= 11 is 1.91. The van der Waals surface area contributed by atoms with E-state index in [0.29, 0.717) is 0 Å². The molecule has 238 valence electrons. The molecule has 4 heteroatoms. The topological polar surface area (TPSA) is 31.1 Å². The van der Waals surface area contributed by atoms with Crippen molar-refractivity contribution in [2.45, 2.75) is 55.8 Å². The van der Waals surface area contributed by atoms with Gasteiger partial charge in [-0.05, 0) is 70.7 Å². The van der Waals surface area contributed by atoms with Crippen molar-refractivity contribution in [3.63, 3.8) is 0 Å². The predicted molar refractivity (Wildman–Crippen MR) is 208 cm³/mol. The van der Waals surface area contributed by atoms with Crippen molar-refractivity contribution in [1.82, 2.24) is 4.98 Å². The lowest BCUT2D eigenvalue weighted by atomic mass is 9.76. The van der Waals surface area contributed by atoms with E-state index in [0.717, 1.165) is 6.42 Å². The number of thioether (sulfide) groups is 1. The van der Waals surface area contributed by atoms with Gasteiger partial charge in [-0.25, -0.2) is 0 Å². The van der Waals surface area contributed by atoms with Crippen molar-refractivity contribution in [3.05, 3.63) is 162 Å². The average Bonchev–Trinajstić information content (AvgIpc) is 3.46. The second kappa shape index (κ2) is 12.3. The number of aromatic amines is 1. The standard InChI is InChI=1S/C42H35N3S.C2H6/c1-42(2)30-24-28(18-20-32(26-30)45(31-14-8-5-9-15-31)38-17-11-10-16-35(38)42)29-19-22-36-34(25-29)33-21-23-37-40(39(33)43-36)46-41(44-37)27-12-6-3-4-7-13-27;1-2/h3-6,8-26,32,41,43-44H,7H2,1-2H3;1-2H3. The molecule has 1 aromatic heterocycles. The highest BCUT2D eigenvalue weighted by molar-refractivity contribution is 8.01. The number of hydrogen-bond donors (Lipinski definition) is 2. The number of benzene rings is 4. The molecule has 2 aliphatic carbocycles. The minimum atomic E-state index is -0.167. The molecular weight excluding hydrogens is 603 g/mol. The normalized spacial score (nSPS) is 20.3. The molecule has 2 unspecified atom stereocenters. The van der Waals surface area contributed by atoms with Gasteiger partial charge in [-0.2, -0.15) is 0 Å². The van der Waals surface area contributed by atoms with E-state index < -0.39 is 0 Å². The minimum absolute atomic E-state index is 0.0974. The van der Waals surface area contributed by atoms with Crippen LogP contribution in [0.25, 0.3) is 27.4 Å². The third-order valence-corrected chi connectivity index (χ3v) is 11.2. The molecule has 0 spiro atoms. The van der Waals surface area contributed by atoms with Gasteiger partial charge in [0.25, 0.3) is 0 Å². The van der Waals surface area contributed by atoms with Crippen LogP contribution in [0.3, 0.4) is 0 Å². The molecule has 2 atom stereocenters. The summed E-state index contributed by atoms with van der Waals surface area (Å²) in [6.45, 7) is 8.73. The van der Waals surface area contributed by atoms with Crippen LogP contribution in [0.5, 0.6) is 0 Å². The summed E-state index contributed by atoms with van der Waals surface area (Å²) in [6.07, 6.45) is 21.6. The number of nitrogens with one attached hydrogen (secondary N) is 2. The van der Waals surface area contributed by atoms with Crippen LogP contribution < -0.4 is 10.2 Å². The molecule has 0 saturated carbocycles. The molecule has 2 aliphatic heterocycles. The quantitative estimate of drug-likeness (QED) is 0.205. The van der Waals surface area contributed by atoms with Gasteiger partial charge in [-0.3, -0.25) is 0 Å². The van der Waals surface area contributed by atoms with Crippen molar-refractivity contribution in [2.24, 2.45) is 0 Å². The third kappa shape index (κ3) is 5.07. The minimum Gasteiger partial charge on any atom is -0.368 e. The molecule has 0 amide bonds. The van der Waals surface area contributed by atoms with E-state index in [4.69, 9.17) is 0 Å². The highest BCUT2D eigenvalue weighted by atomic mass is 32.2. The Morgan fingerprint density at radius 1 is 0.854 bits per heavy atom. The Labute approximate surface area is 288 Å². The molecule has 4 aliphatic rings. The fraction of sp³-hybridized carbons (Fsp3) is 0.182. The van der Waals surface area contributed by atoms with Crippen LogP contribution >= 0.6 is 11.8 Å². The number of hydrogen-bond acceptors (Lipinski definition) is 3. The van der Waals surface area contributed by atoms with Crippen LogP contribution in [-0.2, 0) is 5.41 Å². The summed E-state index contributed by atoms with van der Waals surface area (Å²) in [4.78, 5) is 7.57. The Hall–Kier alpha value is -4.93. The fourth-order valence-corrected chi connectivity index (χ4v) is 8.72. The second-order valence-electron chi connectivity index (χ2n) is 13.0. The molecule has 3 nitrogen and oxygen atoms in total. The van der Waals surface area contributed by atoms with Crippen molar-refractivity contribution < 1.29 is 0 Å². The van der Waals surface area contributed by atoms with Gasteiger partial charge >= 0.3 is 0 Å². The predicted octanol–water partition coefficient (Wildman–Crippen LogP) is 12.0. The first kappa shape index (κ1) is 30.4. The summed E-state index contributed by atoms with van der Waals surface area (Å²) in [5.41, 5.74) is 12.4. The zero-order valence-corrected chi connectivity index (χ0v) is 28.8. The van der Waals surface area contributed by atoms with Gasteiger partial charge in [0.05, 0.1) is 22.1 Å². The highest BCUT2D eigenvalue weighted by Crippen LogP contribution is 2.48. The molecule has 48 heavy (non-hydrogen) atoms. The van der Waals surface area contributed by atoms with E-state index in [1.165, 1.54) is 71.6 Å². The average molecular weight is 644 g/mol. The van der Waals surface area contributed by atoms with E-state index in [-0.39, 0.29) is 16.8 Å². The zero-order chi connectivity index (χ0) is 32.8. The van der Waals surface area contributed by atoms with Crippen molar-refractivity contribution in [2.75, 3.05) is 10.2 Å². The Bertz CT molecular complexity index is 2220. The van der Waals surface area contributed by atoms with Gasteiger partial charge in [-0.1, -0.05) is 143 Å². The number of anilines is 3. The number of H-pyrrole nitrogens is 1. The Balaban J connectivity index is 0.00000165. The number of para-hydroxylation sites is 2. The van der Waals surface area contributed by atoms with Crippen molar-refractivity contribution in [3.8, 4) is 0 Å². The van der Waals surface area contributed by atoms with Gasteiger partial charge in [0, 0.05) is 33.1 Å². The van der Waals surface area contributed by atoms with E-state index in [2.05, 4.69) is 169 Å². The number of nitrogens with zero attached hydrogens (tertiary/aromatic N) is 1. The first-order valence-corrected chi connectivity index (χ1v) is 18.0. The van der Waals surface area contributed by atoms with Crippen LogP contribution in [0.15, 0.2) is 156 Å². The van der Waals surface area contributed by atoms with E-state index in [1.54, 1.807) is 0 Å². The van der Waals surface area contributed by atoms with Crippen molar-refractivity contribution in [1.29, 1.82) is 0 Å². The Morgan fingerprint density at radius 3 is 2.56 bits per heavy atom. The highest BCUT2D eigenvalue weighted by Gasteiger charge is 2.35. The Kier molecular flexibility index (Phi) is 7.77. The van der Waals surface area contributed by atoms with Crippen LogP contribution in [0.2, 0.25) is 0 Å². The number of rotatable bonds is 3. The second-order valence-corrected chi connectivity index (χ2v) is 14.2. The summed E-state index contributed by atoms with van der Waals surface area (Å²) in [6, 6.07) is 31.2. The van der Waals surface area contributed by atoms with Crippen LogP contribution in [-0.4, -0.2) is 16.4 Å². The molecule has 2 bridgehead atoms. The molecule has 9 rings (SSSR count). The van der Waals surface area contributed by atoms with Crippen LogP contribution in [0, 0.1) is 0 Å². The fourth-order valence-electron chi connectivity index (χ4n) is 7.45. The summed E-state index contributed by atoms with van der Waals surface area (Å²) in [7, 11) is 0. The molecule has 4 aromatic carbocycles. The smallest absolute Gasteiger partial charge is 0.102 e. The summed E-state index contributed by atoms with van der Waals surface area (Å²) < 4.78 is 0. The van der Waals surface area contributed by atoms with E-state index in [1.807, 2.05) is 25.6 Å². The molecule has 2 N–H and O–H groups in total. The first-order valence-electron chi connectivity index (χ1n) is 17.2. The molecule has 0 fully saturated rings. The third-order valence-electron chi connectivity index (χ3n) is 9.94. The lowest BCUT2D eigenvalue weighted by molar-refractivity contribution is 0.643. The molecule has 3 heterocycles. The first-order chi connectivity index (χ1) is 23.5. The lowest BCUT2D eigenvalue weighted by Crippen LogP contribution is -2.28. The largest absolute Gasteiger partial charge is 0.368 e. The lowest BCUT2D eigenvalue weighted by Gasteiger charge is -2.33. The van der Waals surface area contributed by atoms with Crippen LogP contribution in [0.1, 0.15) is 45.2 Å². The van der Waals surface area contributed by atoms with E-state index in [9.17, 15) is 0 Å².